The Balaban J connectivity index is 1.68. The summed E-state index contributed by atoms with van der Waals surface area (Å²) in [6.07, 6.45) is 1.87. The normalized spacial score (nSPS) is 14.8. The van der Waals surface area contributed by atoms with Crippen LogP contribution in [-0.4, -0.2) is 42.0 Å². The van der Waals surface area contributed by atoms with E-state index in [2.05, 4.69) is 22.9 Å². The molecule has 0 saturated carbocycles. The minimum absolute atomic E-state index is 0.112. The number of carbonyl (C=O) groups excluding carboxylic acids is 1. The minimum Gasteiger partial charge on any atom is -0.353 e. The number of aryl methyl sites for hydroxylation is 2. The summed E-state index contributed by atoms with van der Waals surface area (Å²) in [7, 11) is 0. The second-order valence-electron chi connectivity index (χ2n) is 6.06. The molecular weight excluding hydrogens is 420 g/mol. The van der Waals surface area contributed by atoms with E-state index in [1.807, 2.05) is 35.7 Å². The molecule has 0 N–H and O–H groups in total. The number of amides is 1. The minimum atomic E-state index is -0.348. The van der Waals surface area contributed by atoms with Crippen molar-refractivity contribution in [3.8, 4) is 0 Å². The maximum absolute atomic E-state index is 13.7. The molecule has 0 spiro atoms. The third kappa shape index (κ3) is 3.53. The molecule has 3 rings (SSSR count). The number of hydrogen-bond acceptors (Lipinski definition) is 3. The van der Waals surface area contributed by atoms with E-state index in [0.717, 1.165) is 30.0 Å². The number of hydrogen-bond donors (Lipinski definition) is 0. The molecule has 1 amide bonds. The lowest BCUT2D eigenvalue weighted by Gasteiger charge is -2.36. The Labute approximate surface area is 154 Å². The van der Waals surface area contributed by atoms with Gasteiger partial charge >= 0.3 is 0 Å². The molecule has 1 saturated heterocycles. The van der Waals surface area contributed by atoms with Crippen LogP contribution in [0.15, 0.2) is 30.5 Å². The van der Waals surface area contributed by atoms with Crippen LogP contribution in [0.1, 0.15) is 21.5 Å². The molecule has 1 fully saturated rings. The first kappa shape index (κ1) is 17.1. The molecule has 0 unspecified atom stereocenters. The van der Waals surface area contributed by atoms with Crippen LogP contribution in [0.25, 0.3) is 0 Å². The fourth-order valence-electron chi connectivity index (χ4n) is 2.97. The van der Waals surface area contributed by atoms with Crippen molar-refractivity contribution in [2.24, 2.45) is 0 Å². The van der Waals surface area contributed by atoms with Gasteiger partial charge in [-0.1, -0.05) is 6.07 Å². The Morgan fingerprint density at radius 1 is 1.17 bits per heavy atom. The molecule has 0 bridgehead atoms. The number of rotatable bonds is 2. The summed E-state index contributed by atoms with van der Waals surface area (Å²) in [5.41, 5.74) is 2.70. The van der Waals surface area contributed by atoms with E-state index in [1.54, 1.807) is 17.0 Å². The molecule has 1 aliphatic rings. The molecule has 4 nitrogen and oxygen atoms in total. The van der Waals surface area contributed by atoms with Gasteiger partial charge in [-0.15, -0.1) is 0 Å². The van der Waals surface area contributed by atoms with Crippen molar-refractivity contribution in [3.63, 3.8) is 0 Å². The number of nitrogens with zero attached hydrogens (tertiary/aromatic N) is 3. The zero-order chi connectivity index (χ0) is 17.3. The predicted molar refractivity (Wildman–Crippen MR) is 101 cm³/mol. The Kier molecular flexibility index (Phi) is 5.03. The van der Waals surface area contributed by atoms with E-state index in [-0.39, 0.29) is 11.7 Å². The largest absolute Gasteiger partial charge is 0.353 e. The van der Waals surface area contributed by atoms with Crippen LogP contribution in [0.4, 0.5) is 10.2 Å². The van der Waals surface area contributed by atoms with E-state index in [9.17, 15) is 9.18 Å². The number of pyridine rings is 1. The Morgan fingerprint density at radius 2 is 1.88 bits per heavy atom. The van der Waals surface area contributed by atoms with Crippen LogP contribution in [0.5, 0.6) is 0 Å². The zero-order valence-electron chi connectivity index (χ0n) is 13.7. The van der Waals surface area contributed by atoms with Crippen LogP contribution >= 0.6 is 22.6 Å². The molecular formula is C18H19FIN3O. The Morgan fingerprint density at radius 3 is 2.50 bits per heavy atom. The van der Waals surface area contributed by atoms with Gasteiger partial charge in [0.1, 0.15) is 11.6 Å². The van der Waals surface area contributed by atoms with Gasteiger partial charge in [0.25, 0.3) is 5.91 Å². The van der Waals surface area contributed by atoms with Crippen LogP contribution in [-0.2, 0) is 0 Å². The van der Waals surface area contributed by atoms with Crippen molar-refractivity contribution in [1.29, 1.82) is 0 Å². The topological polar surface area (TPSA) is 36.4 Å². The van der Waals surface area contributed by atoms with Crippen LogP contribution in [0, 0.1) is 23.2 Å². The standard InChI is InChI=1S/C18H19FIN3O/c1-12-9-13(2)17(21-11-12)22-5-7-23(8-6-22)18(24)14-3-4-16(20)15(19)10-14/h3-4,9-11H,5-8H2,1-2H3. The molecule has 1 aromatic heterocycles. The number of aromatic nitrogens is 1. The highest BCUT2D eigenvalue weighted by Gasteiger charge is 2.24. The summed E-state index contributed by atoms with van der Waals surface area (Å²) in [6.45, 7) is 6.77. The number of carbonyl (C=O) groups is 1. The van der Waals surface area contributed by atoms with Gasteiger partial charge in [-0.2, -0.15) is 0 Å². The lowest BCUT2D eigenvalue weighted by molar-refractivity contribution is 0.0746. The smallest absolute Gasteiger partial charge is 0.254 e. The monoisotopic (exact) mass is 439 g/mol. The highest BCUT2D eigenvalue weighted by Crippen LogP contribution is 2.20. The summed E-state index contributed by atoms with van der Waals surface area (Å²) in [4.78, 5) is 21.0. The van der Waals surface area contributed by atoms with Crippen molar-refractivity contribution in [3.05, 3.63) is 56.5 Å². The van der Waals surface area contributed by atoms with E-state index in [0.29, 0.717) is 22.2 Å². The van der Waals surface area contributed by atoms with Gasteiger partial charge in [-0.05, 0) is 65.8 Å². The van der Waals surface area contributed by atoms with E-state index in [1.165, 1.54) is 6.07 Å². The summed E-state index contributed by atoms with van der Waals surface area (Å²) >= 11 is 1.92. The summed E-state index contributed by atoms with van der Waals surface area (Å²) in [5.74, 6) is 0.520. The average molecular weight is 439 g/mol. The van der Waals surface area contributed by atoms with Gasteiger partial charge in [-0.25, -0.2) is 9.37 Å². The zero-order valence-corrected chi connectivity index (χ0v) is 15.9. The fraction of sp³-hybridized carbons (Fsp3) is 0.333. The number of piperazine rings is 1. The summed E-state index contributed by atoms with van der Waals surface area (Å²) in [5, 5.41) is 0. The lowest BCUT2D eigenvalue weighted by atomic mass is 10.1. The number of benzene rings is 1. The van der Waals surface area contributed by atoms with Crippen molar-refractivity contribution >= 4 is 34.3 Å². The van der Waals surface area contributed by atoms with Gasteiger partial charge in [0.05, 0.1) is 0 Å². The van der Waals surface area contributed by atoms with Crippen molar-refractivity contribution in [2.75, 3.05) is 31.1 Å². The molecule has 2 aromatic rings. The van der Waals surface area contributed by atoms with E-state index < -0.39 is 0 Å². The number of anilines is 1. The fourth-order valence-corrected chi connectivity index (χ4v) is 3.31. The van der Waals surface area contributed by atoms with Crippen molar-refractivity contribution < 1.29 is 9.18 Å². The van der Waals surface area contributed by atoms with Gasteiger partial charge in [0.2, 0.25) is 0 Å². The first-order valence-corrected chi connectivity index (χ1v) is 8.96. The van der Waals surface area contributed by atoms with Crippen molar-refractivity contribution in [1.82, 2.24) is 9.88 Å². The quantitative estimate of drug-likeness (QED) is 0.674. The molecule has 1 aromatic carbocycles. The highest BCUT2D eigenvalue weighted by molar-refractivity contribution is 14.1. The second-order valence-corrected chi connectivity index (χ2v) is 7.22. The molecule has 126 valence electrons. The lowest BCUT2D eigenvalue weighted by Crippen LogP contribution is -2.49. The Bertz CT molecular complexity index is 773. The highest BCUT2D eigenvalue weighted by atomic mass is 127. The van der Waals surface area contributed by atoms with Crippen molar-refractivity contribution in [2.45, 2.75) is 13.8 Å². The summed E-state index contributed by atoms with van der Waals surface area (Å²) in [6, 6.07) is 6.76. The molecule has 0 atom stereocenters. The van der Waals surface area contributed by atoms with E-state index >= 15 is 0 Å². The molecule has 24 heavy (non-hydrogen) atoms. The van der Waals surface area contributed by atoms with Gasteiger partial charge < -0.3 is 9.80 Å². The van der Waals surface area contributed by atoms with E-state index in [4.69, 9.17) is 0 Å². The third-order valence-corrected chi connectivity index (χ3v) is 5.10. The Hall–Kier alpha value is -1.70. The molecule has 0 radical (unpaired) electrons. The summed E-state index contributed by atoms with van der Waals surface area (Å²) < 4.78 is 14.2. The first-order chi connectivity index (χ1) is 11.5. The van der Waals surface area contributed by atoms with Gasteiger partial charge in [-0.3, -0.25) is 4.79 Å². The van der Waals surface area contributed by atoms with Crippen LogP contribution in [0.2, 0.25) is 0 Å². The average Bonchev–Trinajstić information content (AvgIpc) is 2.57. The van der Waals surface area contributed by atoms with Crippen LogP contribution < -0.4 is 4.90 Å². The maximum atomic E-state index is 13.7. The van der Waals surface area contributed by atoms with Crippen LogP contribution in [0.3, 0.4) is 0 Å². The maximum Gasteiger partial charge on any atom is 0.254 e. The first-order valence-electron chi connectivity index (χ1n) is 7.88. The number of halogens is 2. The molecule has 6 heteroatoms. The predicted octanol–water partition coefficient (Wildman–Crippen LogP) is 3.40. The second kappa shape index (κ2) is 7.04. The molecule has 1 aliphatic heterocycles. The molecule has 2 heterocycles. The SMILES string of the molecule is Cc1cnc(N2CCN(C(=O)c3ccc(I)c(F)c3)CC2)c(C)c1. The van der Waals surface area contributed by atoms with Gasteiger partial charge in [0, 0.05) is 41.5 Å². The van der Waals surface area contributed by atoms with Gasteiger partial charge in [0.15, 0.2) is 0 Å². The molecule has 0 aliphatic carbocycles. The third-order valence-electron chi connectivity index (χ3n) is 4.22.